The molecule has 4 nitrogen and oxygen atoms in total. The Hall–Kier alpha value is -0.610. The van der Waals surface area contributed by atoms with Crippen LogP contribution >= 0.6 is 0 Å². The highest BCUT2D eigenvalue weighted by atomic mass is 16.5. The number of amides is 1. The highest BCUT2D eigenvalue weighted by Gasteiger charge is 2.43. The van der Waals surface area contributed by atoms with E-state index in [9.17, 15) is 4.79 Å². The average molecular weight is 282 g/mol. The third-order valence-corrected chi connectivity index (χ3v) is 5.18. The standard InChI is InChI=1S/C16H30N2O2/c1-4-6-16(8-10-17-11-9-16)14(19)18-12-5-7-15(2,13-18)20-3/h17H,4-13H2,1-3H3. The summed E-state index contributed by atoms with van der Waals surface area (Å²) in [6, 6.07) is 0. The first kappa shape index (κ1) is 15.8. The van der Waals surface area contributed by atoms with Gasteiger partial charge in [-0.15, -0.1) is 0 Å². The molecule has 1 atom stereocenters. The molecule has 116 valence electrons. The van der Waals surface area contributed by atoms with E-state index in [1.165, 1.54) is 0 Å². The summed E-state index contributed by atoms with van der Waals surface area (Å²) in [5, 5.41) is 3.39. The van der Waals surface area contributed by atoms with Gasteiger partial charge in [-0.2, -0.15) is 0 Å². The van der Waals surface area contributed by atoms with Crippen molar-refractivity contribution in [3.8, 4) is 0 Å². The van der Waals surface area contributed by atoms with Crippen LogP contribution in [0.15, 0.2) is 0 Å². The van der Waals surface area contributed by atoms with E-state index in [0.29, 0.717) is 5.91 Å². The van der Waals surface area contributed by atoms with Gasteiger partial charge < -0.3 is 15.0 Å². The number of carbonyl (C=O) groups is 1. The number of piperidine rings is 2. The third kappa shape index (κ3) is 3.17. The minimum atomic E-state index is -0.159. The van der Waals surface area contributed by atoms with Crippen molar-refractivity contribution in [3.63, 3.8) is 0 Å². The normalized spacial score (nSPS) is 30.2. The summed E-state index contributed by atoms with van der Waals surface area (Å²) in [6.07, 6.45) is 6.18. The summed E-state index contributed by atoms with van der Waals surface area (Å²) in [5.41, 5.74) is -0.278. The molecule has 0 saturated carbocycles. The molecule has 2 rings (SSSR count). The van der Waals surface area contributed by atoms with Crippen LogP contribution in [0.2, 0.25) is 0 Å². The molecule has 0 radical (unpaired) electrons. The molecule has 0 aromatic carbocycles. The van der Waals surface area contributed by atoms with Gasteiger partial charge in [0.2, 0.25) is 5.91 Å². The molecule has 0 aromatic rings. The number of nitrogens with zero attached hydrogens (tertiary/aromatic N) is 1. The highest BCUT2D eigenvalue weighted by Crippen LogP contribution is 2.38. The Morgan fingerprint density at radius 1 is 1.30 bits per heavy atom. The van der Waals surface area contributed by atoms with Crippen molar-refractivity contribution in [2.75, 3.05) is 33.3 Å². The zero-order chi connectivity index (χ0) is 14.6. The van der Waals surface area contributed by atoms with E-state index in [4.69, 9.17) is 4.74 Å². The van der Waals surface area contributed by atoms with Crippen LogP contribution in [0.4, 0.5) is 0 Å². The lowest BCUT2D eigenvalue weighted by molar-refractivity contribution is -0.152. The molecular formula is C16H30N2O2. The second kappa shape index (κ2) is 6.44. The van der Waals surface area contributed by atoms with E-state index in [1.54, 1.807) is 7.11 Å². The predicted molar refractivity (Wildman–Crippen MR) is 80.7 cm³/mol. The summed E-state index contributed by atoms with van der Waals surface area (Å²) in [7, 11) is 1.76. The van der Waals surface area contributed by atoms with Gasteiger partial charge in [0.05, 0.1) is 11.0 Å². The zero-order valence-corrected chi connectivity index (χ0v) is 13.3. The quantitative estimate of drug-likeness (QED) is 0.859. The summed E-state index contributed by atoms with van der Waals surface area (Å²) in [5.74, 6) is 0.379. The number of methoxy groups -OCH3 is 1. The largest absolute Gasteiger partial charge is 0.377 e. The Labute approximate surface area is 123 Å². The second-order valence-corrected chi connectivity index (χ2v) is 6.76. The first-order chi connectivity index (χ1) is 9.55. The van der Waals surface area contributed by atoms with E-state index < -0.39 is 0 Å². The number of likely N-dealkylation sites (tertiary alicyclic amines) is 1. The fourth-order valence-electron chi connectivity index (χ4n) is 3.84. The van der Waals surface area contributed by atoms with Gasteiger partial charge in [-0.3, -0.25) is 4.79 Å². The SMILES string of the molecule is CCCC1(C(=O)N2CCCC(C)(OC)C2)CCNCC1. The molecule has 0 aromatic heterocycles. The lowest BCUT2D eigenvalue weighted by Crippen LogP contribution is -2.55. The Morgan fingerprint density at radius 3 is 2.60 bits per heavy atom. The zero-order valence-electron chi connectivity index (χ0n) is 13.3. The summed E-state index contributed by atoms with van der Waals surface area (Å²) in [4.78, 5) is 15.2. The topological polar surface area (TPSA) is 41.6 Å². The smallest absolute Gasteiger partial charge is 0.228 e. The second-order valence-electron chi connectivity index (χ2n) is 6.76. The third-order valence-electron chi connectivity index (χ3n) is 5.18. The van der Waals surface area contributed by atoms with Crippen molar-refractivity contribution in [2.24, 2.45) is 5.41 Å². The van der Waals surface area contributed by atoms with Crippen molar-refractivity contribution in [3.05, 3.63) is 0 Å². The number of carbonyl (C=O) groups excluding carboxylic acids is 1. The van der Waals surface area contributed by atoms with Gasteiger partial charge in [0.1, 0.15) is 0 Å². The Kier molecular flexibility index (Phi) is 5.08. The molecule has 1 unspecified atom stereocenters. The summed E-state index contributed by atoms with van der Waals surface area (Å²) >= 11 is 0. The van der Waals surface area contributed by atoms with Crippen LogP contribution in [-0.2, 0) is 9.53 Å². The molecule has 0 aliphatic carbocycles. The van der Waals surface area contributed by atoms with Crippen LogP contribution in [0.1, 0.15) is 52.4 Å². The van der Waals surface area contributed by atoms with E-state index in [2.05, 4.69) is 24.1 Å². The van der Waals surface area contributed by atoms with E-state index in [0.717, 1.165) is 64.7 Å². The molecule has 20 heavy (non-hydrogen) atoms. The highest BCUT2D eigenvalue weighted by molar-refractivity contribution is 5.83. The molecule has 0 spiro atoms. The minimum absolute atomic E-state index is 0.119. The van der Waals surface area contributed by atoms with Crippen LogP contribution in [0.25, 0.3) is 0 Å². The van der Waals surface area contributed by atoms with Gasteiger partial charge in [-0.05, 0) is 52.1 Å². The Bertz CT molecular complexity index is 334. The minimum Gasteiger partial charge on any atom is -0.377 e. The van der Waals surface area contributed by atoms with Gasteiger partial charge in [0.15, 0.2) is 0 Å². The molecule has 2 fully saturated rings. The Balaban J connectivity index is 2.11. The van der Waals surface area contributed by atoms with Crippen LogP contribution < -0.4 is 5.32 Å². The maximum atomic E-state index is 13.1. The number of hydrogen-bond donors (Lipinski definition) is 1. The first-order valence-corrected chi connectivity index (χ1v) is 8.10. The lowest BCUT2D eigenvalue weighted by atomic mass is 9.73. The van der Waals surface area contributed by atoms with Gasteiger partial charge in [0, 0.05) is 20.2 Å². The number of ether oxygens (including phenoxy) is 1. The molecular weight excluding hydrogens is 252 g/mol. The van der Waals surface area contributed by atoms with Gasteiger partial charge >= 0.3 is 0 Å². The maximum Gasteiger partial charge on any atom is 0.228 e. The fourth-order valence-corrected chi connectivity index (χ4v) is 3.84. The van der Waals surface area contributed by atoms with Gasteiger partial charge in [0.25, 0.3) is 0 Å². The molecule has 0 bridgehead atoms. The number of rotatable bonds is 4. The van der Waals surface area contributed by atoms with Crippen LogP contribution in [0.3, 0.4) is 0 Å². The first-order valence-electron chi connectivity index (χ1n) is 8.10. The summed E-state index contributed by atoms with van der Waals surface area (Å²) in [6.45, 7) is 7.91. The van der Waals surface area contributed by atoms with Crippen molar-refractivity contribution in [2.45, 2.75) is 58.0 Å². The molecule has 2 aliphatic rings. The summed E-state index contributed by atoms with van der Waals surface area (Å²) < 4.78 is 5.63. The Morgan fingerprint density at radius 2 is 2.00 bits per heavy atom. The van der Waals surface area contributed by atoms with E-state index in [-0.39, 0.29) is 11.0 Å². The number of nitrogens with one attached hydrogen (secondary N) is 1. The van der Waals surface area contributed by atoms with Crippen LogP contribution in [0, 0.1) is 5.41 Å². The maximum absolute atomic E-state index is 13.1. The lowest BCUT2D eigenvalue weighted by Gasteiger charge is -2.45. The number of hydrogen-bond acceptors (Lipinski definition) is 3. The predicted octanol–water partition coefficient (Wildman–Crippen LogP) is 2.18. The van der Waals surface area contributed by atoms with E-state index >= 15 is 0 Å². The molecule has 4 heteroatoms. The fraction of sp³-hybridized carbons (Fsp3) is 0.938. The van der Waals surface area contributed by atoms with Crippen molar-refractivity contribution in [1.29, 1.82) is 0 Å². The molecule has 2 saturated heterocycles. The monoisotopic (exact) mass is 282 g/mol. The van der Waals surface area contributed by atoms with Gasteiger partial charge in [-0.1, -0.05) is 13.3 Å². The molecule has 1 N–H and O–H groups in total. The van der Waals surface area contributed by atoms with Gasteiger partial charge in [-0.25, -0.2) is 0 Å². The average Bonchev–Trinajstić information content (AvgIpc) is 2.48. The van der Waals surface area contributed by atoms with Crippen molar-refractivity contribution < 1.29 is 9.53 Å². The van der Waals surface area contributed by atoms with Crippen LogP contribution in [0.5, 0.6) is 0 Å². The molecule has 2 heterocycles. The van der Waals surface area contributed by atoms with Crippen molar-refractivity contribution in [1.82, 2.24) is 10.2 Å². The molecule has 2 aliphatic heterocycles. The molecule has 1 amide bonds. The van der Waals surface area contributed by atoms with Crippen LogP contribution in [-0.4, -0.2) is 49.7 Å². The van der Waals surface area contributed by atoms with E-state index in [1.807, 2.05) is 0 Å². The van der Waals surface area contributed by atoms with Crippen molar-refractivity contribution >= 4 is 5.91 Å².